The maximum absolute atomic E-state index is 13.1. The van der Waals surface area contributed by atoms with E-state index >= 15 is 0 Å². The summed E-state index contributed by atoms with van der Waals surface area (Å²) in [4.78, 5) is 27.1. The standard InChI is InChI=1S/C23H31N7O4/c1-29(22(32)15-4-2-5-17(10-15)34-9-3-8-24)16-6-7-23(33,18(31)11-16)12-30-14-28-19-20(25)26-13-27-21(19)30/h2,4-5,10,13-14,16,18,31,33H,3,6-9,11-12,24H2,1H3,(H2,25,26,27)/t16-,18+,23+/m0/s1. The minimum absolute atomic E-state index is 0.105. The van der Waals surface area contributed by atoms with Crippen molar-refractivity contribution in [2.24, 2.45) is 5.73 Å². The van der Waals surface area contributed by atoms with Crippen LogP contribution in [0.15, 0.2) is 36.9 Å². The summed E-state index contributed by atoms with van der Waals surface area (Å²) in [5.41, 5.74) is 11.4. The molecule has 4 rings (SSSR count). The van der Waals surface area contributed by atoms with Crippen LogP contribution in [0.1, 0.15) is 36.0 Å². The first kappa shape index (κ1) is 23.9. The molecule has 182 valence electrons. The van der Waals surface area contributed by atoms with Crippen LogP contribution >= 0.6 is 0 Å². The van der Waals surface area contributed by atoms with E-state index in [-0.39, 0.29) is 30.7 Å². The third-order valence-corrected chi connectivity index (χ3v) is 6.47. The van der Waals surface area contributed by atoms with Crippen LogP contribution < -0.4 is 16.2 Å². The van der Waals surface area contributed by atoms with Gasteiger partial charge in [-0.3, -0.25) is 4.79 Å². The predicted octanol–water partition coefficient (Wildman–Crippen LogP) is 0.553. The Morgan fingerprint density at radius 2 is 2.18 bits per heavy atom. The van der Waals surface area contributed by atoms with E-state index in [1.54, 1.807) is 40.8 Å². The highest BCUT2D eigenvalue weighted by Crippen LogP contribution is 2.34. The maximum atomic E-state index is 13.1. The molecule has 0 saturated heterocycles. The Balaban J connectivity index is 1.41. The third kappa shape index (κ3) is 4.81. The lowest BCUT2D eigenvalue weighted by Crippen LogP contribution is -2.54. The van der Waals surface area contributed by atoms with E-state index < -0.39 is 11.7 Å². The minimum Gasteiger partial charge on any atom is -0.494 e. The fraction of sp³-hybridized carbons (Fsp3) is 0.478. The van der Waals surface area contributed by atoms with Crippen LogP contribution in [0, 0.1) is 0 Å². The Kier molecular flexibility index (Phi) is 6.96. The Morgan fingerprint density at radius 1 is 1.35 bits per heavy atom. The number of nitrogens with zero attached hydrogens (tertiary/aromatic N) is 5. The average molecular weight is 470 g/mol. The molecule has 0 bridgehead atoms. The second kappa shape index (κ2) is 9.92. The second-order valence-corrected chi connectivity index (χ2v) is 8.79. The lowest BCUT2D eigenvalue weighted by atomic mass is 9.79. The number of nitrogens with two attached hydrogens (primary N) is 2. The molecular formula is C23H31N7O4. The molecule has 3 aromatic rings. The van der Waals surface area contributed by atoms with Gasteiger partial charge in [-0.1, -0.05) is 6.07 Å². The van der Waals surface area contributed by atoms with Gasteiger partial charge in [-0.05, 0) is 50.4 Å². The summed E-state index contributed by atoms with van der Waals surface area (Å²) in [6.45, 7) is 1.13. The van der Waals surface area contributed by atoms with E-state index in [0.29, 0.717) is 48.5 Å². The molecule has 3 atom stereocenters. The van der Waals surface area contributed by atoms with E-state index in [0.717, 1.165) is 6.42 Å². The third-order valence-electron chi connectivity index (χ3n) is 6.47. The first-order valence-corrected chi connectivity index (χ1v) is 11.3. The number of rotatable bonds is 8. The monoisotopic (exact) mass is 469 g/mol. The SMILES string of the molecule is CN(C(=O)c1cccc(OCCCN)c1)[C@H]1CC[C@@](O)(Cn2cnc3c(N)ncnc32)[C@H](O)C1. The zero-order valence-electron chi connectivity index (χ0n) is 19.2. The van der Waals surface area contributed by atoms with E-state index in [1.807, 2.05) is 0 Å². The average Bonchev–Trinajstić information content (AvgIpc) is 3.24. The van der Waals surface area contributed by atoms with Crippen LogP contribution in [0.2, 0.25) is 0 Å². The van der Waals surface area contributed by atoms with Gasteiger partial charge in [0.15, 0.2) is 11.5 Å². The number of aliphatic hydroxyl groups is 2. The quantitative estimate of drug-likeness (QED) is 0.345. The fourth-order valence-corrected chi connectivity index (χ4v) is 4.39. The van der Waals surface area contributed by atoms with Crippen molar-refractivity contribution in [3.05, 3.63) is 42.5 Å². The van der Waals surface area contributed by atoms with Crippen LogP contribution in [0.3, 0.4) is 0 Å². The Labute approximate surface area is 197 Å². The predicted molar refractivity (Wildman–Crippen MR) is 126 cm³/mol. The number of benzene rings is 1. The van der Waals surface area contributed by atoms with Gasteiger partial charge >= 0.3 is 0 Å². The number of nitrogen functional groups attached to an aromatic ring is 1. The molecule has 0 unspecified atom stereocenters. The highest BCUT2D eigenvalue weighted by Gasteiger charge is 2.43. The van der Waals surface area contributed by atoms with E-state index in [1.165, 1.54) is 12.7 Å². The molecule has 11 nitrogen and oxygen atoms in total. The molecule has 0 radical (unpaired) electrons. The van der Waals surface area contributed by atoms with Crippen molar-refractivity contribution in [3.63, 3.8) is 0 Å². The van der Waals surface area contributed by atoms with E-state index in [4.69, 9.17) is 16.2 Å². The molecule has 1 aliphatic carbocycles. The molecule has 1 saturated carbocycles. The Morgan fingerprint density at radius 3 is 2.94 bits per heavy atom. The largest absolute Gasteiger partial charge is 0.494 e. The highest BCUT2D eigenvalue weighted by molar-refractivity contribution is 5.94. The molecule has 11 heteroatoms. The first-order chi connectivity index (χ1) is 16.3. The summed E-state index contributed by atoms with van der Waals surface area (Å²) in [5, 5.41) is 22.1. The van der Waals surface area contributed by atoms with Crippen LogP contribution in [-0.4, -0.2) is 78.5 Å². The molecule has 2 heterocycles. The van der Waals surface area contributed by atoms with Gasteiger partial charge in [0.2, 0.25) is 0 Å². The van der Waals surface area contributed by atoms with Crippen LogP contribution in [-0.2, 0) is 6.54 Å². The van der Waals surface area contributed by atoms with Crippen LogP contribution in [0.4, 0.5) is 5.82 Å². The second-order valence-electron chi connectivity index (χ2n) is 8.79. The van der Waals surface area contributed by atoms with Gasteiger partial charge in [0.05, 0.1) is 25.6 Å². The van der Waals surface area contributed by atoms with Gasteiger partial charge in [0.1, 0.15) is 23.2 Å². The normalized spacial score (nSPS) is 22.6. The molecule has 1 aromatic carbocycles. The fourth-order valence-electron chi connectivity index (χ4n) is 4.39. The summed E-state index contributed by atoms with van der Waals surface area (Å²) < 4.78 is 7.32. The summed E-state index contributed by atoms with van der Waals surface area (Å²) >= 11 is 0. The molecule has 0 spiro atoms. The van der Waals surface area contributed by atoms with Gasteiger partial charge in [0, 0.05) is 18.7 Å². The number of hydrogen-bond donors (Lipinski definition) is 4. The minimum atomic E-state index is -1.38. The number of aromatic nitrogens is 4. The zero-order valence-corrected chi connectivity index (χ0v) is 19.2. The number of anilines is 1. The lowest BCUT2D eigenvalue weighted by Gasteiger charge is -2.43. The number of amides is 1. The Bertz CT molecular complexity index is 1150. The number of imidazole rings is 1. The van der Waals surface area contributed by atoms with Crippen molar-refractivity contribution in [2.75, 3.05) is 25.9 Å². The van der Waals surface area contributed by atoms with Gasteiger partial charge in [-0.15, -0.1) is 0 Å². The molecule has 1 amide bonds. The number of carbonyl (C=O) groups excluding carboxylic acids is 1. The van der Waals surface area contributed by atoms with Crippen molar-refractivity contribution < 1.29 is 19.7 Å². The van der Waals surface area contributed by atoms with Crippen LogP contribution in [0.25, 0.3) is 11.2 Å². The number of aliphatic hydroxyl groups excluding tert-OH is 1. The molecule has 1 aliphatic rings. The van der Waals surface area contributed by atoms with Crippen molar-refractivity contribution in [2.45, 2.75) is 50.0 Å². The number of ether oxygens (including phenoxy) is 1. The lowest BCUT2D eigenvalue weighted by molar-refractivity contribution is -0.121. The van der Waals surface area contributed by atoms with Gasteiger partial charge in [-0.2, -0.15) is 0 Å². The van der Waals surface area contributed by atoms with Crippen molar-refractivity contribution in [1.82, 2.24) is 24.4 Å². The maximum Gasteiger partial charge on any atom is 0.253 e. The topological polar surface area (TPSA) is 166 Å². The van der Waals surface area contributed by atoms with E-state index in [9.17, 15) is 15.0 Å². The molecule has 2 aromatic heterocycles. The van der Waals surface area contributed by atoms with Crippen LogP contribution in [0.5, 0.6) is 5.75 Å². The smallest absolute Gasteiger partial charge is 0.253 e. The number of carbonyl (C=O) groups is 1. The van der Waals surface area contributed by atoms with E-state index in [2.05, 4.69) is 15.0 Å². The highest BCUT2D eigenvalue weighted by atomic mass is 16.5. The molecule has 6 N–H and O–H groups in total. The van der Waals surface area contributed by atoms with Gasteiger partial charge in [-0.25, -0.2) is 15.0 Å². The summed E-state index contributed by atoms with van der Waals surface area (Å²) in [6.07, 6.45) is 3.65. The summed E-state index contributed by atoms with van der Waals surface area (Å²) in [5.74, 6) is 0.705. The number of hydrogen-bond acceptors (Lipinski definition) is 9. The molecular weight excluding hydrogens is 438 g/mol. The zero-order chi connectivity index (χ0) is 24.3. The Hall–Kier alpha value is -3.28. The van der Waals surface area contributed by atoms with Crippen molar-refractivity contribution in [1.29, 1.82) is 0 Å². The van der Waals surface area contributed by atoms with Crippen molar-refractivity contribution >= 4 is 22.9 Å². The summed E-state index contributed by atoms with van der Waals surface area (Å²) in [7, 11) is 1.72. The van der Waals surface area contributed by atoms with Gasteiger partial charge < -0.3 is 35.9 Å². The molecule has 1 fully saturated rings. The molecule has 34 heavy (non-hydrogen) atoms. The van der Waals surface area contributed by atoms with Gasteiger partial charge in [0.25, 0.3) is 5.91 Å². The summed E-state index contributed by atoms with van der Waals surface area (Å²) in [6, 6.07) is 6.81. The number of fused-ring (bicyclic) bond motifs is 1. The molecule has 0 aliphatic heterocycles. The first-order valence-electron chi connectivity index (χ1n) is 11.3. The van der Waals surface area contributed by atoms with Crippen molar-refractivity contribution in [3.8, 4) is 5.75 Å².